The molecule has 204 valence electrons. The predicted molar refractivity (Wildman–Crippen MR) is 157 cm³/mol. The Morgan fingerprint density at radius 2 is 1.78 bits per heavy atom. The van der Waals surface area contributed by atoms with Crippen LogP contribution in [0.5, 0.6) is 0 Å². The van der Waals surface area contributed by atoms with Crippen LogP contribution in [-0.2, 0) is 4.79 Å². The number of anilines is 1. The van der Waals surface area contributed by atoms with E-state index in [1.165, 1.54) is 31.4 Å². The van der Waals surface area contributed by atoms with Crippen molar-refractivity contribution in [2.75, 3.05) is 5.32 Å². The zero-order valence-corrected chi connectivity index (χ0v) is 22.3. The maximum atomic E-state index is 13.5. The number of aromatic nitrogens is 6. The number of nitrogens with one attached hydrogen (secondary N) is 3. The minimum Gasteiger partial charge on any atom is -0.353 e. The van der Waals surface area contributed by atoms with E-state index in [0.29, 0.717) is 29.2 Å². The van der Waals surface area contributed by atoms with Crippen LogP contribution in [0.25, 0.3) is 55.8 Å². The van der Waals surface area contributed by atoms with Crippen molar-refractivity contribution < 1.29 is 9.18 Å². The Kier molecular flexibility index (Phi) is 6.47. The van der Waals surface area contributed by atoms with Gasteiger partial charge in [-0.3, -0.25) is 19.9 Å². The fraction of sp³-hybridized carbons (Fsp3) is 0.219. The first-order chi connectivity index (χ1) is 20.1. The van der Waals surface area contributed by atoms with Crippen molar-refractivity contribution in [1.82, 2.24) is 30.1 Å². The molecule has 7 rings (SSSR count). The number of carbonyl (C=O) groups excluding carboxylic acids is 1. The van der Waals surface area contributed by atoms with E-state index in [1.54, 1.807) is 30.7 Å². The molecular formula is C32H28FN7O. The summed E-state index contributed by atoms with van der Waals surface area (Å²) in [6.07, 6.45) is 11.6. The number of rotatable bonds is 6. The standard InChI is InChI=1S/C32H28FN7O/c33-22-8-6-20(7-9-22)30-24-16-28(37-26(24)12-13-35-30)32-31-27(39-40-32)11-10-25(38-31)21-15-23(18-34-17-21)36-29(41)14-19-4-2-1-3-5-19/h6-13,15-19,37H,1-5,14H2,(H,36,41)(H,39,40). The summed E-state index contributed by atoms with van der Waals surface area (Å²) < 4.78 is 13.5. The number of pyridine rings is 3. The van der Waals surface area contributed by atoms with E-state index >= 15 is 0 Å². The minimum absolute atomic E-state index is 0.0321. The third kappa shape index (κ3) is 5.06. The number of amides is 1. The van der Waals surface area contributed by atoms with Crippen molar-refractivity contribution in [2.24, 2.45) is 5.92 Å². The monoisotopic (exact) mass is 545 g/mol. The van der Waals surface area contributed by atoms with Gasteiger partial charge in [-0.2, -0.15) is 5.10 Å². The van der Waals surface area contributed by atoms with E-state index < -0.39 is 0 Å². The van der Waals surface area contributed by atoms with E-state index in [4.69, 9.17) is 4.98 Å². The fourth-order valence-corrected chi connectivity index (χ4v) is 5.78. The normalized spacial score (nSPS) is 14.1. The van der Waals surface area contributed by atoms with E-state index in [9.17, 15) is 9.18 Å². The maximum absolute atomic E-state index is 13.5. The van der Waals surface area contributed by atoms with Crippen LogP contribution in [0.2, 0.25) is 0 Å². The molecule has 1 aliphatic rings. The second kappa shape index (κ2) is 10.6. The summed E-state index contributed by atoms with van der Waals surface area (Å²) in [6, 6.07) is 16.0. The van der Waals surface area contributed by atoms with E-state index in [0.717, 1.165) is 57.5 Å². The van der Waals surface area contributed by atoms with Gasteiger partial charge in [0, 0.05) is 40.8 Å². The van der Waals surface area contributed by atoms with Crippen molar-refractivity contribution in [3.05, 3.63) is 79.0 Å². The van der Waals surface area contributed by atoms with Crippen molar-refractivity contribution in [3.63, 3.8) is 0 Å². The third-order valence-corrected chi connectivity index (χ3v) is 7.85. The average molecular weight is 546 g/mol. The lowest BCUT2D eigenvalue weighted by Crippen LogP contribution is -2.18. The fourth-order valence-electron chi connectivity index (χ4n) is 5.78. The summed E-state index contributed by atoms with van der Waals surface area (Å²) in [7, 11) is 0. The van der Waals surface area contributed by atoms with Crippen LogP contribution in [0.3, 0.4) is 0 Å². The summed E-state index contributed by atoms with van der Waals surface area (Å²) in [6.45, 7) is 0. The molecule has 5 heterocycles. The Morgan fingerprint density at radius 3 is 2.63 bits per heavy atom. The maximum Gasteiger partial charge on any atom is 0.224 e. The summed E-state index contributed by atoms with van der Waals surface area (Å²) in [5, 5.41) is 11.6. The SMILES string of the molecule is O=C(CC1CCCCC1)Nc1cncc(-c2ccc3[nH]nc(-c4cc5c(-c6ccc(F)cc6)nccc5[nH]4)c3n2)c1. The number of aromatic amines is 2. The Morgan fingerprint density at radius 1 is 0.927 bits per heavy atom. The molecule has 0 radical (unpaired) electrons. The largest absolute Gasteiger partial charge is 0.353 e. The number of fused-ring (bicyclic) bond motifs is 2. The Balaban J connectivity index is 1.19. The van der Waals surface area contributed by atoms with Gasteiger partial charge in [0.05, 0.1) is 34.5 Å². The molecule has 41 heavy (non-hydrogen) atoms. The lowest BCUT2D eigenvalue weighted by molar-refractivity contribution is -0.117. The third-order valence-electron chi connectivity index (χ3n) is 7.85. The van der Waals surface area contributed by atoms with Crippen LogP contribution in [-0.4, -0.2) is 36.0 Å². The molecule has 1 aromatic carbocycles. The summed E-state index contributed by atoms with van der Waals surface area (Å²) in [5.74, 6) is 0.212. The zero-order valence-electron chi connectivity index (χ0n) is 22.3. The quantitative estimate of drug-likeness (QED) is 0.204. The Bertz CT molecular complexity index is 1870. The molecule has 0 bridgehead atoms. The van der Waals surface area contributed by atoms with Crippen LogP contribution in [0.4, 0.5) is 10.1 Å². The lowest BCUT2D eigenvalue weighted by Gasteiger charge is -2.20. The molecule has 3 N–H and O–H groups in total. The molecule has 1 fully saturated rings. The molecular weight excluding hydrogens is 517 g/mol. The number of H-pyrrole nitrogens is 2. The van der Waals surface area contributed by atoms with Crippen LogP contribution >= 0.6 is 0 Å². The molecule has 0 spiro atoms. The number of nitrogens with zero attached hydrogens (tertiary/aromatic N) is 4. The van der Waals surface area contributed by atoms with Gasteiger partial charge in [0.2, 0.25) is 5.91 Å². The van der Waals surface area contributed by atoms with Crippen molar-refractivity contribution >= 4 is 33.5 Å². The Labute approximate surface area is 235 Å². The summed E-state index contributed by atoms with van der Waals surface area (Å²) >= 11 is 0. The van der Waals surface area contributed by atoms with Crippen molar-refractivity contribution in [3.8, 4) is 33.9 Å². The highest BCUT2D eigenvalue weighted by Crippen LogP contribution is 2.33. The lowest BCUT2D eigenvalue weighted by atomic mass is 9.87. The van der Waals surface area contributed by atoms with Crippen molar-refractivity contribution in [1.29, 1.82) is 0 Å². The van der Waals surface area contributed by atoms with Crippen LogP contribution in [0.1, 0.15) is 38.5 Å². The number of hydrogen-bond acceptors (Lipinski definition) is 5. The number of carbonyl (C=O) groups is 1. The zero-order chi connectivity index (χ0) is 27.8. The van der Waals surface area contributed by atoms with Gasteiger partial charge in [0.25, 0.3) is 0 Å². The number of hydrogen-bond donors (Lipinski definition) is 3. The highest BCUT2D eigenvalue weighted by Gasteiger charge is 2.18. The molecule has 0 unspecified atom stereocenters. The van der Waals surface area contributed by atoms with E-state index in [2.05, 4.69) is 30.5 Å². The first kappa shape index (κ1) is 25.1. The van der Waals surface area contributed by atoms with E-state index in [-0.39, 0.29) is 11.7 Å². The first-order valence-electron chi connectivity index (χ1n) is 14.0. The molecule has 6 aromatic rings. The van der Waals surface area contributed by atoms with Gasteiger partial charge in [0.1, 0.15) is 17.0 Å². The second-order valence-corrected chi connectivity index (χ2v) is 10.7. The highest BCUT2D eigenvalue weighted by atomic mass is 19.1. The summed E-state index contributed by atoms with van der Waals surface area (Å²) in [4.78, 5) is 30.0. The van der Waals surface area contributed by atoms with Gasteiger partial charge in [0.15, 0.2) is 0 Å². The smallest absolute Gasteiger partial charge is 0.224 e. The van der Waals surface area contributed by atoms with Crippen LogP contribution in [0, 0.1) is 11.7 Å². The summed E-state index contributed by atoms with van der Waals surface area (Å²) in [5.41, 5.74) is 7.62. The van der Waals surface area contributed by atoms with Gasteiger partial charge in [-0.25, -0.2) is 9.37 Å². The molecule has 8 nitrogen and oxygen atoms in total. The molecule has 0 saturated heterocycles. The molecule has 1 aliphatic carbocycles. The molecule has 9 heteroatoms. The van der Waals surface area contributed by atoms with Gasteiger partial charge in [-0.05, 0) is 73.4 Å². The number of halogens is 1. The van der Waals surface area contributed by atoms with Gasteiger partial charge >= 0.3 is 0 Å². The minimum atomic E-state index is -0.289. The molecule has 5 aromatic heterocycles. The Hall–Kier alpha value is -4.92. The molecule has 1 saturated carbocycles. The molecule has 0 atom stereocenters. The molecule has 0 aliphatic heterocycles. The highest BCUT2D eigenvalue weighted by molar-refractivity contribution is 5.99. The van der Waals surface area contributed by atoms with Gasteiger partial charge in [-0.15, -0.1) is 0 Å². The first-order valence-corrected chi connectivity index (χ1v) is 14.0. The van der Waals surface area contributed by atoms with Gasteiger partial charge in [-0.1, -0.05) is 19.3 Å². The van der Waals surface area contributed by atoms with Gasteiger partial charge < -0.3 is 10.3 Å². The number of benzene rings is 1. The second-order valence-electron chi connectivity index (χ2n) is 10.7. The predicted octanol–water partition coefficient (Wildman–Crippen LogP) is 7.28. The van der Waals surface area contributed by atoms with Crippen LogP contribution in [0.15, 0.2) is 73.2 Å². The van der Waals surface area contributed by atoms with E-state index in [1.807, 2.05) is 30.3 Å². The average Bonchev–Trinajstić information content (AvgIpc) is 3.62. The van der Waals surface area contributed by atoms with Crippen LogP contribution < -0.4 is 5.32 Å². The topological polar surface area (TPSA) is 112 Å². The van der Waals surface area contributed by atoms with Crippen molar-refractivity contribution in [2.45, 2.75) is 38.5 Å². The molecule has 1 amide bonds.